The fourth-order valence-electron chi connectivity index (χ4n) is 2.20. The van der Waals surface area contributed by atoms with Gasteiger partial charge in [0.05, 0.1) is 10.6 Å². The number of fused-ring (bicyclic) bond motifs is 1. The van der Waals surface area contributed by atoms with E-state index in [-0.39, 0.29) is 18.8 Å². The van der Waals surface area contributed by atoms with Crippen molar-refractivity contribution in [1.29, 1.82) is 0 Å². The van der Waals surface area contributed by atoms with Crippen molar-refractivity contribution >= 4 is 53.1 Å². The van der Waals surface area contributed by atoms with E-state index < -0.39 is 5.97 Å². The summed E-state index contributed by atoms with van der Waals surface area (Å²) in [6, 6.07) is 7.71. The Kier molecular flexibility index (Phi) is 3.91. The molecule has 7 heteroatoms. The number of aromatic nitrogens is 1. The van der Waals surface area contributed by atoms with E-state index in [0.717, 1.165) is 16.8 Å². The predicted octanol–water partition coefficient (Wildman–Crippen LogP) is 2.38. The van der Waals surface area contributed by atoms with E-state index in [1.54, 1.807) is 12.3 Å². The third-order valence-corrected chi connectivity index (χ3v) is 4.66. The number of aromatic hydroxyl groups is 1. The molecule has 0 unspecified atom stereocenters. The lowest BCUT2D eigenvalue weighted by Gasteiger charge is -2.05. The van der Waals surface area contributed by atoms with E-state index in [9.17, 15) is 15.0 Å². The zero-order chi connectivity index (χ0) is 15.7. The van der Waals surface area contributed by atoms with Gasteiger partial charge in [-0.05, 0) is 24.4 Å². The lowest BCUT2D eigenvalue weighted by Crippen LogP contribution is -2.23. The summed E-state index contributed by atoms with van der Waals surface area (Å²) in [5, 5.41) is 20.8. The Balaban J connectivity index is 1.96. The maximum atomic E-state index is 10.6. The topological polar surface area (TPSA) is 77.6 Å². The number of benzene rings is 1. The monoisotopic (exact) mass is 331 g/mol. The van der Waals surface area contributed by atoms with Crippen LogP contribution in [0.15, 0.2) is 29.3 Å². The zero-order valence-corrected chi connectivity index (χ0v) is 13.0. The number of allylic oxidation sites excluding steroid dienone is 1. The second-order valence-electron chi connectivity index (χ2n) is 4.70. The van der Waals surface area contributed by atoms with Crippen molar-refractivity contribution in [2.45, 2.75) is 13.0 Å². The molecule has 1 aliphatic heterocycles. The maximum Gasteiger partial charge on any atom is 0.210 e. The molecule has 0 atom stereocenters. The van der Waals surface area contributed by atoms with Gasteiger partial charge in [-0.1, -0.05) is 18.2 Å². The molecule has 1 aliphatic rings. The number of para-hydroxylation sites is 1. The highest BCUT2D eigenvalue weighted by molar-refractivity contribution is 7.73. The molecule has 3 rings (SSSR count). The molecule has 22 heavy (non-hydrogen) atoms. The zero-order valence-electron chi connectivity index (χ0n) is 11.4. The van der Waals surface area contributed by atoms with Gasteiger partial charge >= 0.3 is 0 Å². The third-order valence-electron chi connectivity index (χ3n) is 3.28. The Morgan fingerprint density at radius 3 is 3.00 bits per heavy atom. The highest BCUT2D eigenvalue weighted by atomic mass is 32.1. The van der Waals surface area contributed by atoms with Crippen molar-refractivity contribution in [1.82, 2.24) is 4.57 Å². The van der Waals surface area contributed by atoms with E-state index in [1.807, 2.05) is 24.3 Å². The Morgan fingerprint density at radius 1 is 1.45 bits per heavy atom. The van der Waals surface area contributed by atoms with Gasteiger partial charge in [-0.15, -0.1) is 11.3 Å². The predicted molar refractivity (Wildman–Crippen MR) is 86.9 cm³/mol. The first-order valence-corrected chi connectivity index (χ1v) is 7.76. The van der Waals surface area contributed by atoms with Crippen molar-refractivity contribution in [3.05, 3.63) is 38.7 Å². The Labute approximate surface area is 135 Å². The fraction of sp³-hybridized carbons (Fsp3) is 0.133. The molecular formula is C15H11N2O3S2-. The molecule has 0 aliphatic carbocycles. The van der Waals surface area contributed by atoms with Gasteiger partial charge in [0.15, 0.2) is 3.95 Å². The van der Waals surface area contributed by atoms with Crippen molar-refractivity contribution in [2.75, 3.05) is 0 Å². The maximum absolute atomic E-state index is 10.6. The highest BCUT2D eigenvalue weighted by Crippen LogP contribution is 2.35. The minimum atomic E-state index is -1.18. The molecule has 2 aromatic rings. The molecule has 5 nitrogen and oxygen atoms in total. The van der Waals surface area contributed by atoms with Gasteiger partial charge in [-0.2, -0.15) is 0 Å². The van der Waals surface area contributed by atoms with Crippen LogP contribution in [0.5, 0.6) is 5.88 Å². The van der Waals surface area contributed by atoms with Crippen LogP contribution in [-0.2, 0) is 11.3 Å². The van der Waals surface area contributed by atoms with Crippen LogP contribution in [0.3, 0.4) is 0 Å². The van der Waals surface area contributed by atoms with Crippen LogP contribution in [0.1, 0.15) is 16.9 Å². The SMILES string of the molecule is O=C([O-])CCn1c(O)c(/C=C2\C=Nc3ccccc32)sc1=S. The normalized spacial score (nSPS) is 14.5. The smallest absolute Gasteiger partial charge is 0.210 e. The minimum Gasteiger partial charge on any atom is -0.550 e. The van der Waals surface area contributed by atoms with E-state index in [4.69, 9.17) is 12.2 Å². The lowest BCUT2D eigenvalue weighted by atomic mass is 10.1. The number of carboxylic acid groups (broad SMARTS) is 1. The van der Waals surface area contributed by atoms with Crippen molar-refractivity contribution in [3.63, 3.8) is 0 Å². The third kappa shape index (κ3) is 2.72. The fourth-order valence-corrected chi connectivity index (χ4v) is 3.51. The molecule has 0 saturated carbocycles. The molecular weight excluding hydrogens is 320 g/mol. The molecule has 0 fully saturated rings. The number of rotatable bonds is 4. The number of hydrogen-bond donors (Lipinski definition) is 1. The largest absolute Gasteiger partial charge is 0.550 e. The van der Waals surface area contributed by atoms with Gasteiger partial charge in [0, 0.05) is 36.3 Å². The molecule has 0 saturated heterocycles. The summed E-state index contributed by atoms with van der Waals surface area (Å²) in [6.07, 6.45) is 3.35. The van der Waals surface area contributed by atoms with Crippen LogP contribution >= 0.6 is 23.6 Å². The Morgan fingerprint density at radius 2 is 2.23 bits per heavy atom. The minimum absolute atomic E-state index is 0.0264. The first kappa shape index (κ1) is 14.7. The number of hydrogen-bond acceptors (Lipinski definition) is 6. The van der Waals surface area contributed by atoms with Gasteiger partial charge in [-0.25, -0.2) is 0 Å². The first-order chi connectivity index (χ1) is 10.6. The van der Waals surface area contributed by atoms with E-state index in [2.05, 4.69) is 4.99 Å². The molecule has 0 amide bonds. The molecule has 0 spiro atoms. The Bertz CT molecular complexity index is 862. The van der Waals surface area contributed by atoms with Crippen LogP contribution in [0.2, 0.25) is 0 Å². The number of nitrogens with zero attached hydrogens (tertiary/aromatic N) is 2. The van der Waals surface area contributed by atoms with Crippen LogP contribution in [-0.4, -0.2) is 21.9 Å². The lowest BCUT2D eigenvalue weighted by molar-refractivity contribution is -0.305. The van der Waals surface area contributed by atoms with E-state index >= 15 is 0 Å². The summed E-state index contributed by atoms with van der Waals surface area (Å²) >= 11 is 6.41. The highest BCUT2D eigenvalue weighted by Gasteiger charge is 2.15. The molecule has 0 bridgehead atoms. The van der Waals surface area contributed by atoms with Crippen molar-refractivity contribution in [3.8, 4) is 5.88 Å². The number of carbonyl (C=O) groups is 1. The van der Waals surface area contributed by atoms with Crippen LogP contribution in [0.25, 0.3) is 11.6 Å². The van der Waals surface area contributed by atoms with E-state index in [1.165, 1.54) is 15.9 Å². The number of thiazole rings is 1. The van der Waals surface area contributed by atoms with Gasteiger partial charge < -0.3 is 15.0 Å². The van der Waals surface area contributed by atoms with Gasteiger partial charge in [0.25, 0.3) is 0 Å². The van der Waals surface area contributed by atoms with Crippen LogP contribution in [0.4, 0.5) is 5.69 Å². The molecule has 1 aromatic carbocycles. The summed E-state index contributed by atoms with van der Waals surface area (Å²) in [5.41, 5.74) is 2.75. The summed E-state index contributed by atoms with van der Waals surface area (Å²) in [5.74, 6) is -1.20. The Hall–Kier alpha value is -2.25. The van der Waals surface area contributed by atoms with Gasteiger partial charge in [0.2, 0.25) is 5.88 Å². The molecule has 112 valence electrons. The number of aliphatic carboxylic acids is 1. The summed E-state index contributed by atoms with van der Waals surface area (Å²) < 4.78 is 1.83. The number of carboxylic acids is 1. The summed E-state index contributed by atoms with van der Waals surface area (Å²) in [6.45, 7) is 0.0946. The standard InChI is InChI=1S/C15H12N2O3S2/c18-13(19)5-6-17-14(20)12(22-15(17)21)7-9-8-16-11-4-2-1-3-10(9)11/h1-4,7-8,20H,5-6H2,(H,18,19)/p-1/b9-7+. The summed E-state index contributed by atoms with van der Waals surface area (Å²) in [4.78, 5) is 15.4. The number of carbonyl (C=O) groups excluding carboxylic acids is 1. The molecule has 0 radical (unpaired) electrons. The summed E-state index contributed by atoms with van der Waals surface area (Å²) in [7, 11) is 0. The van der Waals surface area contributed by atoms with Gasteiger partial charge in [-0.3, -0.25) is 9.56 Å². The number of aliphatic imine (C=N–C) groups is 1. The van der Waals surface area contributed by atoms with E-state index in [0.29, 0.717) is 8.83 Å². The molecule has 1 aromatic heterocycles. The second kappa shape index (κ2) is 5.86. The second-order valence-corrected chi connectivity index (χ2v) is 6.38. The molecule has 1 N–H and O–H groups in total. The van der Waals surface area contributed by atoms with Gasteiger partial charge in [0.1, 0.15) is 0 Å². The average Bonchev–Trinajstić information content (AvgIpc) is 3.00. The van der Waals surface area contributed by atoms with Crippen LogP contribution in [0, 0.1) is 3.95 Å². The molecule has 2 heterocycles. The van der Waals surface area contributed by atoms with Crippen molar-refractivity contribution in [2.24, 2.45) is 4.99 Å². The first-order valence-electron chi connectivity index (χ1n) is 6.54. The van der Waals surface area contributed by atoms with Crippen LogP contribution < -0.4 is 5.11 Å². The quantitative estimate of drug-likeness (QED) is 0.873. The average molecular weight is 331 g/mol. The van der Waals surface area contributed by atoms with Crippen molar-refractivity contribution < 1.29 is 15.0 Å².